The standard InChI is InChI=1S/C16H29N5O8S/c17-4-2-1-3-8(18)13(25)19-9(5-12(23)24)14(26)20-10(6-22)15(27)21-11(7-30)16(28)29/h8-11,22,30H,1-7,17-18H2,(H,19,25)(H,20,26)(H,21,27)(H,23,24)(H,28,29). The number of hydrogen-bond acceptors (Lipinski definition) is 9. The van der Waals surface area contributed by atoms with Gasteiger partial charge in [0.1, 0.15) is 18.1 Å². The summed E-state index contributed by atoms with van der Waals surface area (Å²) in [7, 11) is 0. The number of rotatable bonds is 15. The quantitative estimate of drug-likeness (QED) is 0.0875. The van der Waals surface area contributed by atoms with Crippen molar-refractivity contribution < 1.29 is 39.3 Å². The molecule has 30 heavy (non-hydrogen) atoms. The maximum absolute atomic E-state index is 12.4. The molecule has 14 heteroatoms. The Kier molecular flexibility index (Phi) is 13.4. The predicted molar refractivity (Wildman–Crippen MR) is 108 cm³/mol. The minimum atomic E-state index is -1.58. The van der Waals surface area contributed by atoms with Crippen molar-refractivity contribution in [2.75, 3.05) is 18.9 Å². The Morgan fingerprint density at radius 2 is 1.40 bits per heavy atom. The number of nitrogens with two attached hydrogens (primary N) is 2. The van der Waals surface area contributed by atoms with Gasteiger partial charge in [-0.25, -0.2) is 4.79 Å². The van der Waals surface area contributed by atoms with E-state index in [0.29, 0.717) is 19.4 Å². The fourth-order valence-electron chi connectivity index (χ4n) is 2.23. The van der Waals surface area contributed by atoms with Crippen LogP contribution in [0.15, 0.2) is 0 Å². The van der Waals surface area contributed by atoms with E-state index in [-0.39, 0.29) is 12.2 Å². The summed E-state index contributed by atoms with van der Waals surface area (Å²) in [5, 5.41) is 33.6. The second-order valence-electron chi connectivity index (χ2n) is 6.38. The molecule has 4 atom stereocenters. The van der Waals surface area contributed by atoms with Gasteiger partial charge in [-0.1, -0.05) is 6.42 Å². The average molecular weight is 452 g/mol. The van der Waals surface area contributed by atoms with Gasteiger partial charge < -0.3 is 42.7 Å². The largest absolute Gasteiger partial charge is 0.481 e. The highest BCUT2D eigenvalue weighted by molar-refractivity contribution is 7.80. The normalized spacial score (nSPS) is 14.7. The second kappa shape index (κ2) is 14.5. The first-order chi connectivity index (χ1) is 14.1. The molecule has 0 aliphatic heterocycles. The first-order valence-corrected chi connectivity index (χ1v) is 9.73. The van der Waals surface area contributed by atoms with E-state index in [1.54, 1.807) is 0 Å². The lowest BCUT2D eigenvalue weighted by atomic mass is 10.1. The van der Waals surface area contributed by atoms with Gasteiger partial charge in [0, 0.05) is 5.75 Å². The van der Waals surface area contributed by atoms with E-state index in [4.69, 9.17) is 21.7 Å². The third kappa shape index (κ3) is 10.4. The van der Waals surface area contributed by atoms with Crippen LogP contribution in [0.25, 0.3) is 0 Å². The van der Waals surface area contributed by atoms with Gasteiger partial charge in [0.05, 0.1) is 19.1 Å². The molecule has 13 nitrogen and oxygen atoms in total. The van der Waals surface area contributed by atoms with Crippen molar-refractivity contribution in [3.63, 3.8) is 0 Å². The molecule has 0 aromatic rings. The topological polar surface area (TPSA) is 234 Å². The number of carbonyl (C=O) groups is 5. The summed E-state index contributed by atoms with van der Waals surface area (Å²) in [5.74, 6) is -5.87. The number of amides is 3. The summed E-state index contributed by atoms with van der Waals surface area (Å²) in [6.07, 6.45) is 0.661. The Bertz CT molecular complexity index is 620. The van der Waals surface area contributed by atoms with Crippen LogP contribution in [0.1, 0.15) is 25.7 Å². The molecule has 0 aromatic carbocycles. The second-order valence-corrected chi connectivity index (χ2v) is 6.74. The summed E-state index contributed by atoms with van der Waals surface area (Å²) < 4.78 is 0. The smallest absolute Gasteiger partial charge is 0.327 e. The van der Waals surface area contributed by atoms with Gasteiger partial charge in [-0.15, -0.1) is 0 Å². The minimum absolute atomic E-state index is 0.243. The van der Waals surface area contributed by atoms with Crippen molar-refractivity contribution >= 4 is 42.3 Å². The van der Waals surface area contributed by atoms with E-state index in [2.05, 4.69) is 28.6 Å². The molecule has 10 N–H and O–H groups in total. The number of aliphatic hydroxyl groups is 1. The zero-order valence-electron chi connectivity index (χ0n) is 16.2. The molecule has 0 spiro atoms. The molecule has 0 fully saturated rings. The fourth-order valence-corrected chi connectivity index (χ4v) is 2.47. The van der Waals surface area contributed by atoms with Crippen molar-refractivity contribution in [2.24, 2.45) is 11.5 Å². The van der Waals surface area contributed by atoms with Crippen molar-refractivity contribution in [3.8, 4) is 0 Å². The highest BCUT2D eigenvalue weighted by atomic mass is 32.1. The van der Waals surface area contributed by atoms with Gasteiger partial charge in [0.15, 0.2) is 0 Å². The van der Waals surface area contributed by atoms with Crippen LogP contribution in [0, 0.1) is 0 Å². The number of carbonyl (C=O) groups excluding carboxylic acids is 3. The molecule has 0 aliphatic carbocycles. The molecule has 0 aromatic heterocycles. The monoisotopic (exact) mass is 451 g/mol. The summed E-state index contributed by atoms with van der Waals surface area (Å²) in [6, 6.07) is -5.51. The molecule has 0 aliphatic rings. The van der Waals surface area contributed by atoms with Crippen molar-refractivity contribution in [2.45, 2.75) is 49.9 Å². The maximum Gasteiger partial charge on any atom is 0.327 e. The molecular weight excluding hydrogens is 422 g/mol. The number of aliphatic carboxylic acids is 2. The lowest BCUT2D eigenvalue weighted by molar-refractivity contribution is -0.143. The molecule has 0 bridgehead atoms. The van der Waals surface area contributed by atoms with Crippen LogP contribution in [0.4, 0.5) is 0 Å². The van der Waals surface area contributed by atoms with E-state index >= 15 is 0 Å². The number of unbranched alkanes of at least 4 members (excludes halogenated alkanes) is 1. The summed E-state index contributed by atoms with van der Waals surface area (Å²) in [6.45, 7) is -0.484. The zero-order valence-corrected chi connectivity index (χ0v) is 17.1. The van der Waals surface area contributed by atoms with Crippen molar-refractivity contribution in [3.05, 3.63) is 0 Å². The Balaban J connectivity index is 5.10. The number of carboxylic acids is 2. The Hall–Kier alpha value is -2.42. The number of thiol groups is 1. The van der Waals surface area contributed by atoms with Gasteiger partial charge in [0.2, 0.25) is 17.7 Å². The van der Waals surface area contributed by atoms with Crippen LogP contribution in [0.2, 0.25) is 0 Å². The molecule has 0 saturated carbocycles. The van der Waals surface area contributed by atoms with Gasteiger partial charge in [-0.3, -0.25) is 19.2 Å². The van der Waals surface area contributed by atoms with E-state index in [9.17, 15) is 29.1 Å². The van der Waals surface area contributed by atoms with E-state index in [0.717, 1.165) is 0 Å². The summed E-state index contributed by atoms with van der Waals surface area (Å²) in [5.41, 5.74) is 11.1. The van der Waals surface area contributed by atoms with Crippen LogP contribution in [-0.2, 0) is 24.0 Å². The lowest BCUT2D eigenvalue weighted by Crippen LogP contribution is -2.58. The van der Waals surface area contributed by atoms with Crippen molar-refractivity contribution in [1.82, 2.24) is 16.0 Å². The van der Waals surface area contributed by atoms with Gasteiger partial charge >= 0.3 is 11.9 Å². The first kappa shape index (κ1) is 27.6. The Morgan fingerprint density at radius 1 is 0.867 bits per heavy atom. The Labute approximate surface area is 178 Å². The van der Waals surface area contributed by atoms with Gasteiger partial charge in [0.25, 0.3) is 0 Å². The van der Waals surface area contributed by atoms with E-state index < -0.39 is 66.9 Å². The van der Waals surface area contributed by atoms with Crippen LogP contribution in [0.3, 0.4) is 0 Å². The third-order valence-corrected chi connectivity index (χ3v) is 4.30. The first-order valence-electron chi connectivity index (χ1n) is 9.10. The van der Waals surface area contributed by atoms with Gasteiger partial charge in [-0.2, -0.15) is 12.6 Å². The van der Waals surface area contributed by atoms with E-state index in [1.165, 1.54) is 0 Å². The third-order valence-electron chi connectivity index (χ3n) is 3.93. The molecule has 0 saturated heterocycles. The molecule has 0 radical (unpaired) electrons. The minimum Gasteiger partial charge on any atom is -0.481 e. The number of aliphatic hydroxyl groups excluding tert-OH is 1. The van der Waals surface area contributed by atoms with Crippen molar-refractivity contribution in [1.29, 1.82) is 0 Å². The highest BCUT2D eigenvalue weighted by Gasteiger charge is 2.30. The number of nitrogens with one attached hydrogen (secondary N) is 3. The number of hydrogen-bond donors (Lipinski definition) is 9. The van der Waals surface area contributed by atoms with Crippen LogP contribution < -0.4 is 27.4 Å². The zero-order chi connectivity index (χ0) is 23.3. The SMILES string of the molecule is NCCCCC(N)C(=O)NC(CC(=O)O)C(=O)NC(CO)C(=O)NC(CS)C(=O)O. The van der Waals surface area contributed by atoms with Gasteiger partial charge in [-0.05, 0) is 19.4 Å². The van der Waals surface area contributed by atoms with E-state index in [1.807, 2.05) is 0 Å². The molecule has 3 amide bonds. The van der Waals surface area contributed by atoms with Crippen LogP contribution in [-0.4, -0.2) is 88.1 Å². The van der Waals surface area contributed by atoms with Crippen LogP contribution in [0.5, 0.6) is 0 Å². The predicted octanol–water partition coefficient (Wildman–Crippen LogP) is -3.62. The molecule has 4 unspecified atom stereocenters. The maximum atomic E-state index is 12.4. The fraction of sp³-hybridized carbons (Fsp3) is 0.688. The molecule has 172 valence electrons. The molecular formula is C16H29N5O8S. The highest BCUT2D eigenvalue weighted by Crippen LogP contribution is 2.01. The average Bonchev–Trinajstić information content (AvgIpc) is 2.68. The summed E-state index contributed by atoms with van der Waals surface area (Å²) in [4.78, 5) is 58.6. The van der Waals surface area contributed by atoms with Crippen LogP contribution >= 0.6 is 12.6 Å². The lowest BCUT2D eigenvalue weighted by Gasteiger charge is -2.23. The molecule has 0 rings (SSSR count). The molecule has 0 heterocycles. The summed E-state index contributed by atoms with van der Waals surface area (Å²) >= 11 is 3.78. The number of carboxylic acid groups (broad SMARTS) is 2. The Morgan fingerprint density at radius 3 is 1.87 bits per heavy atom.